The smallest absolute Gasteiger partial charge is 0.288 e. The van der Waals surface area contributed by atoms with E-state index in [1.807, 2.05) is 0 Å². The van der Waals surface area contributed by atoms with Gasteiger partial charge in [0.15, 0.2) is 0 Å². The number of rotatable bonds is 5. The van der Waals surface area contributed by atoms with Crippen molar-refractivity contribution in [1.82, 2.24) is 4.98 Å². The normalized spacial score (nSPS) is 10.4. The molecule has 9 heteroatoms. The molecule has 0 fully saturated rings. The molecule has 7 nitrogen and oxygen atoms in total. The molecule has 2 rings (SSSR count). The lowest BCUT2D eigenvalue weighted by molar-refractivity contribution is -0.385. The number of nitro groups is 1. The molecule has 0 unspecified atom stereocenters. The van der Waals surface area contributed by atoms with Crippen LogP contribution in [0.1, 0.15) is 15.9 Å². The van der Waals surface area contributed by atoms with Gasteiger partial charge in [0.25, 0.3) is 11.6 Å². The molecule has 0 saturated heterocycles. The average Bonchev–Trinajstić information content (AvgIpc) is 2.50. The molecule has 1 aromatic heterocycles. The minimum Gasteiger partial charge on any atom is -0.365 e. The molecule has 0 aliphatic heterocycles. The Morgan fingerprint density at radius 1 is 1.48 bits per heavy atom. The highest BCUT2D eigenvalue weighted by Crippen LogP contribution is 2.23. The molecule has 2 N–H and O–H groups in total. The number of halogens is 2. The summed E-state index contributed by atoms with van der Waals surface area (Å²) in [5.74, 6) is -1.24. The van der Waals surface area contributed by atoms with E-state index in [0.29, 0.717) is 5.56 Å². The average molecular weight is 339 g/mol. The zero-order chi connectivity index (χ0) is 17.1. The number of benzene rings is 1. The number of hydrogen-bond donors (Lipinski definition) is 1. The molecule has 0 spiro atoms. The van der Waals surface area contributed by atoms with Crippen LogP contribution < -0.4 is 10.6 Å². The van der Waals surface area contributed by atoms with Crippen molar-refractivity contribution >= 4 is 29.0 Å². The van der Waals surface area contributed by atoms with Gasteiger partial charge in [0.05, 0.1) is 15.5 Å². The van der Waals surface area contributed by atoms with Crippen LogP contribution in [0.4, 0.5) is 15.9 Å². The van der Waals surface area contributed by atoms with Gasteiger partial charge in [-0.1, -0.05) is 17.7 Å². The van der Waals surface area contributed by atoms with E-state index < -0.39 is 16.6 Å². The molecular weight excluding hydrogens is 327 g/mol. The van der Waals surface area contributed by atoms with Gasteiger partial charge in [0, 0.05) is 19.7 Å². The van der Waals surface area contributed by atoms with E-state index in [0.717, 1.165) is 12.3 Å². The highest BCUT2D eigenvalue weighted by atomic mass is 35.5. The van der Waals surface area contributed by atoms with Gasteiger partial charge in [0.1, 0.15) is 17.8 Å². The van der Waals surface area contributed by atoms with Gasteiger partial charge in [-0.2, -0.15) is 0 Å². The lowest BCUT2D eigenvalue weighted by Gasteiger charge is -2.20. The van der Waals surface area contributed by atoms with E-state index in [1.165, 1.54) is 17.0 Å². The van der Waals surface area contributed by atoms with Crippen molar-refractivity contribution in [2.24, 2.45) is 5.73 Å². The molecule has 0 bridgehead atoms. The van der Waals surface area contributed by atoms with Crippen LogP contribution in [0.2, 0.25) is 5.02 Å². The van der Waals surface area contributed by atoms with Crippen molar-refractivity contribution in [2.45, 2.75) is 6.54 Å². The second-order valence-corrected chi connectivity index (χ2v) is 5.20. The van der Waals surface area contributed by atoms with Crippen molar-refractivity contribution in [3.05, 3.63) is 62.5 Å². The van der Waals surface area contributed by atoms with Gasteiger partial charge in [-0.15, -0.1) is 0 Å². The predicted octanol–water partition coefficient (Wildman–Crippen LogP) is 2.52. The SMILES string of the molecule is CN(Cc1ccc(Cl)c(F)c1)c1ncc([N+](=O)[O-])cc1C(N)=O. The monoisotopic (exact) mass is 338 g/mol. The maximum atomic E-state index is 13.5. The number of carbonyl (C=O) groups is 1. The van der Waals surface area contributed by atoms with Gasteiger partial charge >= 0.3 is 0 Å². The molecule has 0 saturated carbocycles. The Balaban J connectivity index is 2.34. The third-order valence-corrected chi connectivity index (χ3v) is 3.40. The van der Waals surface area contributed by atoms with Gasteiger partial charge in [-0.3, -0.25) is 14.9 Å². The van der Waals surface area contributed by atoms with Crippen LogP contribution in [-0.2, 0) is 6.54 Å². The number of aromatic nitrogens is 1. The summed E-state index contributed by atoms with van der Waals surface area (Å²) in [6.45, 7) is 0.208. The van der Waals surface area contributed by atoms with E-state index in [1.54, 1.807) is 13.1 Å². The summed E-state index contributed by atoms with van der Waals surface area (Å²) in [7, 11) is 1.60. The first-order chi connectivity index (χ1) is 10.8. The number of amides is 1. The first-order valence-corrected chi connectivity index (χ1v) is 6.76. The lowest BCUT2D eigenvalue weighted by Crippen LogP contribution is -2.23. The molecule has 0 aliphatic carbocycles. The lowest BCUT2D eigenvalue weighted by atomic mass is 10.2. The van der Waals surface area contributed by atoms with Crippen molar-refractivity contribution in [1.29, 1.82) is 0 Å². The minimum absolute atomic E-state index is 0.00249. The summed E-state index contributed by atoms with van der Waals surface area (Å²) in [4.78, 5) is 27.1. The van der Waals surface area contributed by atoms with E-state index >= 15 is 0 Å². The number of hydrogen-bond acceptors (Lipinski definition) is 5. The molecule has 1 aromatic carbocycles. The third kappa shape index (κ3) is 3.72. The summed E-state index contributed by atoms with van der Waals surface area (Å²) < 4.78 is 13.5. The molecule has 23 heavy (non-hydrogen) atoms. The van der Waals surface area contributed by atoms with Crippen LogP contribution in [-0.4, -0.2) is 22.9 Å². The fourth-order valence-corrected chi connectivity index (χ4v) is 2.14. The molecule has 1 amide bonds. The van der Waals surface area contributed by atoms with Crippen LogP contribution in [0.5, 0.6) is 0 Å². The van der Waals surface area contributed by atoms with Crippen LogP contribution in [0.25, 0.3) is 0 Å². The van der Waals surface area contributed by atoms with Gasteiger partial charge in [0.2, 0.25) is 0 Å². The zero-order valence-electron chi connectivity index (χ0n) is 12.0. The van der Waals surface area contributed by atoms with Crippen molar-refractivity contribution in [3.63, 3.8) is 0 Å². The summed E-state index contributed by atoms with van der Waals surface area (Å²) >= 11 is 5.62. The van der Waals surface area contributed by atoms with Crippen molar-refractivity contribution in [3.8, 4) is 0 Å². The topological polar surface area (TPSA) is 102 Å². The van der Waals surface area contributed by atoms with Crippen molar-refractivity contribution < 1.29 is 14.1 Å². The molecule has 1 heterocycles. The van der Waals surface area contributed by atoms with Crippen LogP contribution in [0.15, 0.2) is 30.5 Å². The van der Waals surface area contributed by atoms with Crippen LogP contribution >= 0.6 is 11.6 Å². The first kappa shape index (κ1) is 16.6. The molecule has 0 aliphatic rings. The number of primary amides is 1. The summed E-state index contributed by atoms with van der Waals surface area (Å²) in [5, 5.41) is 10.8. The second-order valence-electron chi connectivity index (χ2n) is 4.79. The second kappa shape index (κ2) is 6.57. The Morgan fingerprint density at radius 3 is 2.74 bits per heavy atom. The van der Waals surface area contributed by atoms with Crippen LogP contribution in [0, 0.1) is 15.9 Å². The highest BCUT2D eigenvalue weighted by Gasteiger charge is 2.19. The van der Waals surface area contributed by atoms with Gasteiger partial charge in [-0.05, 0) is 17.7 Å². The highest BCUT2D eigenvalue weighted by molar-refractivity contribution is 6.30. The Kier molecular flexibility index (Phi) is 4.75. The van der Waals surface area contributed by atoms with E-state index in [4.69, 9.17) is 17.3 Å². The first-order valence-electron chi connectivity index (χ1n) is 6.39. The quantitative estimate of drug-likeness (QED) is 0.666. The van der Waals surface area contributed by atoms with Gasteiger partial charge in [-0.25, -0.2) is 9.37 Å². The van der Waals surface area contributed by atoms with Crippen molar-refractivity contribution in [2.75, 3.05) is 11.9 Å². The number of carbonyl (C=O) groups excluding carboxylic acids is 1. The van der Waals surface area contributed by atoms with E-state index in [2.05, 4.69) is 4.98 Å². The van der Waals surface area contributed by atoms with Crippen LogP contribution in [0.3, 0.4) is 0 Å². The molecular formula is C14H12ClFN4O3. The number of pyridine rings is 1. The summed E-state index contributed by atoms with van der Waals surface area (Å²) in [6, 6.07) is 5.35. The minimum atomic E-state index is -0.842. The van der Waals surface area contributed by atoms with E-state index in [9.17, 15) is 19.3 Å². The summed E-state index contributed by atoms with van der Waals surface area (Å²) in [5.41, 5.74) is 5.41. The maximum absolute atomic E-state index is 13.5. The Hall–Kier alpha value is -2.74. The standard InChI is InChI=1S/C14H12ClFN4O3/c1-19(7-8-2-3-11(15)12(16)4-8)14-10(13(17)21)5-9(6-18-14)20(22)23/h2-6H,7H2,1H3,(H2,17,21). The fraction of sp³-hybridized carbons (Fsp3) is 0.143. The Morgan fingerprint density at radius 2 is 2.17 bits per heavy atom. The maximum Gasteiger partial charge on any atom is 0.288 e. The third-order valence-electron chi connectivity index (χ3n) is 3.09. The molecule has 0 radical (unpaired) electrons. The van der Waals surface area contributed by atoms with Gasteiger partial charge < -0.3 is 10.6 Å². The van der Waals surface area contributed by atoms with E-state index in [-0.39, 0.29) is 28.6 Å². The zero-order valence-corrected chi connectivity index (χ0v) is 12.7. The molecule has 0 atom stereocenters. The number of nitrogens with two attached hydrogens (primary N) is 1. The summed E-state index contributed by atoms with van der Waals surface area (Å²) in [6.07, 6.45) is 1.03. The largest absolute Gasteiger partial charge is 0.365 e. The number of nitrogens with zero attached hydrogens (tertiary/aromatic N) is 3. The fourth-order valence-electron chi connectivity index (χ4n) is 2.02. The Labute approximate surface area is 135 Å². The molecule has 120 valence electrons. The molecule has 2 aromatic rings. The predicted molar refractivity (Wildman–Crippen MR) is 82.9 cm³/mol. The Bertz CT molecular complexity index is 785. The number of anilines is 1.